The molecule has 3 rings (SSSR count). The SMILES string of the molecule is ClCC1CCCCC1Nc1cncc2nnnn12. The van der Waals surface area contributed by atoms with Crippen LogP contribution >= 0.6 is 11.6 Å². The van der Waals surface area contributed by atoms with Gasteiger partial charge in [-0.1, -0.05) is 12.8 Å². The van der Waals surface area contributed by atoms with E-state index in [9.17, 15) is 0 Å². The molecule has 0 spiro atoms. The van der Waals surface area contributed by atoms with Crippen LogP contribution in [0.2, 0.25) is 0 Å². The highest BCUT2D eigenvalue weighted by Crippen LogP contribution is 2.27. The molecule has 18 heavy (non-hydrogen) atoms. The van der Waals surface area contributed by atoms with Crippen LogP contribution in [-0.2, 0) is 0 Å². The molecule has 1 fully saturated rings. The Hall–Kier alpha value is -1.43. The second kappa shape index (κ2) is 5.06. The first-order valence-corrected chi connectivity index (χ1v) is 6.76. The number of alkyl halides is 1. The van der Waals surface area contributed by atoms with Gasteiger partial charge in [-0.3, -0.25) is 4.98 Å². The number of halogens is 1. The summed E-state index contributed by atoms with van der Waals surface area (Å²) in [4.78, 5) is 4.14. The smallest absolute Gasteiger partial charge is 0.199 e. The van der Waals surface area contributed by atoms with Gasteiger partial charge in [0.05, 0.1) is 12.4 Å². The first kappa shape index (κ1) is 11.6. The minimum absolute atomic E-state index is 0.382. The van der Waals surface area contributed by atoms with Crippen molar-refractivity contribution in [1.82, 2.24) is 25.0 Å². The molecule has 6 nitrogen and oxygen atoms in total. The summed E-state index contributed by atoms with van der Waals surface area (Å²) in [6.07, 6.45) is 8.22. The first-order chi connectivity index (χ1) is 8.88. The fraction of sp³-hybridized carbons (Fsp3) is 0.636. The fourth-order valence-electron chi connectivity index (χ4n) is 2.55. The van der Waals surface area contributed by atoms with Crippen molar-refractivity contribution in [2.24, 2.45) is 5.92 Å². The van der Waals surface area contributed by atoms with Crippen LogP contribution in [0.15, 0.2) is 12.4 Å². The van der Waals surface area contributed by atoms with Gasteiger partial charge in [-0.25, -0.2) is 0 Å². The molecule has 0 saturated heterocycles. The standard InChI is InChI=1S/C11H15ClN6/c12-5-8-3-1-2-4-9(8)14-10-6-13-7-11-15-16-17-18(10)11/h6-9,14H,1-5H2. The van der Waals surface area contributed by atoms with Crippen molar-refractivity contribution < 1.29 is 0 Å². The molecule has 1 N–H and O–H groups in total. The largest absolute Gasteiger partial charge is 0.366 e. The van der Waals surface area contributed by atoms with Crippen LogP contribution in [0.3, 0.4) is 0 Å². The highest BCUT2D eigenvalue weighted by atomic mass is 35.5. The molecule has 0 aromatic carbocycles. The number of aromatic nitrogens is 5. The molecular weight excluding hydrogens is 252 g/mol. The molecule has 2 unspecified atom stereocenters. The number of nitrogens with zero attached hydrogens (tertiary/aromatic N) is 5. The predicted molar refractivity (Wildman–Crippen MR) is 68.7 cm³/mol. The maximum atomic E-state index is 6.04. The van der Waals surface area contributed by atoms with Crippen molar-refractivity contribution in [3.05, 3.63) is 12.4 Å². The minimum Gasteiger partial charge on any atom is -0.366 e. The van der Waals surface area contributed by atoms with Crippen LogP contribution < -0.4 is 5.32 Å². The summed E-state index contributed by atoms with van der Waals surface area (Å²) in [6, 6.07) is 0.382. The number of hydrogen-bond donors (Lipinski definition) is 1. The van der Waals surface area contributed by atoms with Crippen LogP contribution in [0.1, 0.15) is 25.7 Å². The topological polar surface area (TPSA) is 68.0 Å². The molecule has 96 valence electrons. The summed E-state index contributed by atoms with van der Waals surface area (Å²) in [5, 5.41) is 15.0. The Morgan fingerprint density at radius 2 is 2.22 bits per heavy atom. The summed E-state index contributed by atoms with van der Waals surface area (Å²) in [7, 11) is 0. The predicted octanol–water partition coefficient (Wildman–Crippen LogP) is 1.73. The molecule has 2 atom stereocenters. The lowest BCUT2D eigenvalue weighted by molar-refractivity contribution is 0.352. The van der Waals surface area contributed by atoms with Crippen molar-refractivity contribution in [3.63, 3.8) is 0 Å². The Bertz CT molecular complexity index is 527. The Labute approximate surface area is 110 Å². The molecule has 2 heterocycles. The number of hydrogen-bond acceptors (Lipinski definition) is 5. The van der Waals surface area contributed by atoms with E-state index in [1.54, 1.807) is 16.9 Å². The van der Waals surface area contributed by atoms with Crippen LogP contribution in [0.5, 0.6) is 0 Å². The summed E-state index contributed by atoms with van der Waals surface area (Å²) >= 11 is 6.04. The zero-order valence-corrected chi connectivity index (χ0v) is 10.7. The molecule has 0 bridgehead atoms. The van der Waals surface area contributed by atoms with Gasteiger partial charge >= 0.3 is 0 Å². The van der Waals surface area contributed by atoms with Crippen molar-refractivity contribution in [2.45, 2.75) is 31.7 Å². The zero-order valence-electron chi connectivity index (χ0n) is 9.96. The van der Waals surface area contributed by atoms with E-state index in [0.29, 0.717) is 23.5 Å². The molecule has 2 aromatic heterocycles. The van der Waals surface area contributed by atoms with Crippen molar-refractivity contribution in [2.75, 3.05) is 11.2 Å². The van der Waals surface area contributed by atoms with Crippen LogP contribution in [0, 0.1) is 5.92 Å². The normalized spacial score (nSPS) is 24.3. The fourth-order valence-corrected chi connectivity index (χ4v) is 2.92. The Morgan fingerprint density at radius 1 is 1.33 bits per heavy atom. The molecule has 1 aliphatic rings. The highest BCUT2D eigenvalue weighted by Gasteiger charge is 2.25. The number of tetrazole rings is 1. The molecular formula is C11H15ClN6. The third kappa shape index (κ3) is 2.12. The summed E-state index contributed by atoms with van der Waals surface area (Å²) < 4.78 is 1.67. The van der Waals surface area contributed by atoms with Gasteiger partial charge in [0.1, 0.15) is 0 Å². The number of rotatable bonds is 3. The molecule has 7 heteroatoms. The van der Waals surface area contributed by atoms with E-state index in [2.05, 4.69) is 25.8 Å². The van der Waals surface area contributed by atoms with Gasteiger partial charge in [-0.15, -0.1) is 16.7 Å². The molecule has 0 amide bonds. The third-order valence-corrected chi connectivity index (χ3v) is 3.95. The average molecular weight is 267 g/mol. The number of nitrogens with one attached hydrogen (secondary N) is 1. The van der Waals surface area contributed by atoms with E-state index in [4.69, 9.17) is 11.6 Å². The maximum absolute atomic E-state index is 6.04. The zero-order chi connectivity index (χ0) is 12.4. The quantitative estimate of drug-likeness (QED) is 0.857. The second-order valence-electron chi connectivity index (χ2n) is 4.69. The summed E-state index contributed by atoms with van der Waals surface area (Å²) in [5.74, 6) is 2.03. The van der Waals surface area contributed by atoms with Crippen LogP contribution in [0.4, 0.5) is 5.82 Å². The van der Waals surface area contributed by atoms with Gasteiger partial charge in [0.25, 0.3) is 0 Å². The summed E-state index contributed by atoms with van der Waals surface area (Å²) in [6.45, 7) is 0. The van der Waals surface area contributed by atoms with Crippen LogP contribution in [0.25, 0.3) is 5.65 Å². The molecule has 0 aliphatic heterocycles. The van der Waals surface area contributed by atoms with Gasteiger partial charge in [0.15, 0.2) is 11.5 Å². The van der Waals surface area contributed by atoms with E-state index >= 15 is 0 Å². The van der Waals surface area contributed by atoms with E-state index in [0.717, 1.165) is 12.2 Å². The lowest BCUT2D eigenvalue weighted by Gasteiger charge is -2.31. The Balaban J connectivity index is 1.84. The average Bonchev–Trinajstić information content (AvgIpc) is 2.89. The van der Waals surface area contributed by atoms with E-state index in [1.165, 1.54) is 19.3 Å². The lowest BCUT2D eigenvalue weighted by atomic mass is 9.86. The van der Waals surface area contributed by atoms with Gasteiger partial charge < -0.3 is 5.32 Å². The molecule has 2 aromatic rings. The summed E-state index contributed by atoms with van der Waals surface area (Å²) in [5.41, 5.74) is 0.651. The molecule has 1 saturated carbocycles. The van der Waals surface area contributed by atoms with Crippen molar-refractivity contribution >= 4 is 23.1 Å². The van der Waals surface area contributed by atoms with Crippen LogP contribution in [-0.4, -0.2) is 36.9 Å². The second-order valence-corrected chi connectivity index (χ2v) is 5.00. The molecule has 1 aliphatic carbocycles. The van der Waals surface area contributed by atoms with Crippen molar-refractivity contribution in [3.8, 4) is 0 Å². The van der Waals surface area contributed by atoms with E-state index in [-0.39, 0.29) is 0 Å². The highest BCUT2D eigenvalue weighted by molar-refractivity contribution is 6.18. The number of fused-ring (bicyclic) bond motifs is 1. The minimum atomic E-state index is 0.382. The van der Waals surface area contributed by atoms with Gasteiger partial charge in [0, 0.05) is 11.9 Å². The monoisotopic (exact) mass is 266 g/mol. The van der Waals surface area contributed by atoms with E-state index in [1.807, 2.05) is 0 Å². The Kier molecular flexibility index (Phi) is 3.27. The molecule has 0 radical (unpaired) electrons. The van der Waals surface area contributed by atoms with E-state index < -0.39 is 0 Å². The van der Waals surface area contributed by atoms with Crippen molar-refractivity contribution in [1.29, 1.82) is 0 Å². The number of anilines is 1. The van der Waals surface area contributed by atoms with Gasteiger partial charge in [0.2, 0.25) is 0 Å². The van der Waals surface area contributed by atoms with Gasteiger partial charge in [-0.05, 0) is 29.2 Å². The first-order valence-electron chi connectivity index (χ1n) is 6.23. The lowest BCUT2D eigenvalue weighted by Crippen LogP contribution is -2.34. The Morgan fingerprint density at radius 3 is 3.11 bits per heavy atom. The third-order valence-electron chi connectivity index (χ3n) is 3.55. The van der Waals surface area contributed by atoms with Gasteiger partial charge in [-0.2, -0.15) is 4.52 Å². The maximum Gasteiger partial charge on any atom is 0.199 e.